The van der Waals surface area contributed by atoms with Gasteiger partial charge in [-0.15, -0.1) is 0 Å². The Morgan fingerprint density at radius 3 is 2.38 bits per heavy atom. The smallest absolute Gasteiger partial charge is 0.303 e. The van der Waals surface area contributed by atoms with Crippen LogP contribution in [0.15, 0.2) is 0 Å². The summed E-state index contributed by atoms with van der Waals surface area (Å²) in [6.45, 7) is 10.6. The van der Waals surface area contributed by atoms with Gasteiger partial charge in [-0.25, -0.2) is 0 Å². The van der Waals surface area contributed by atoms with E-state index in [9.17, 15) is 15.0 Å². The van der Waals surface area contributed by atoms with Crippen LogP contribution in [0.3, 0.4) is 0 Å². The molecule has 6 unspecified atom stereocenters. The van der Waals surface area contributed by atoms with Crippen molar-refractivity contribution in [1.29, 1.82) is 0 Å². The summed E-state index contributed by atoms with van der Waals surface area (Å²) in [7, 11) is 0. The van der Waals surface area contributed by atoms with Crippen LogP contribution >= 0.6 is 0 Å². The zero-order valence-corrected chi connectivity index (χ0v) is 16.0. The maximum absolute atomic E-state index is 11.1. The molecule has 6 atom stereocenters. The van der Waals surface area contributed by atoms with E-state index in [1.165, 1.54) is 0 Å². The fourth-order valence-electron chi connectivity index (χ4n) is 6.01. The number of carbonyl (C=O) groups is 1. The van der Waals surface area contributed by atoms with E-state index >= 15 is 0 Å². The molecular weight excluding hydrogens is 304 g/mol. The third-order valence-electron chi connectivity index (χ3n) is 7.47. The van der Waals surface area contributed by atoms with Gasteiger partial charge in [0.05, 0.1) is 11.7 Å². The molecule has 2 rings (SSSR count). The number of fused-ring (bicyclic) bond motifs is 1. The van der Waals surface area contributed by atoms with Crippen molar-refractivity contribution in [3.8, 4) is 0 Å². The van der Waals surface area contributed by atoms with E-state index in [0.29, 0.717) is 5.92 Å². The highest BCUT2D eigenvalue weighted by atomic mass is 16.4. The highest BCUT2D eigenvalue weighted by Gasteiger charge is 2.59. The predicted molar refractivity (Wildman–Crippen MR) is 94.6 cm³/mol. The van der Waals surface area contributed by atoms with Crippen LogP contribution in [-0.2, 0) is 4.79 Å². The van der Waals surface area contributed by atoms with E-state index in [1.807, 2.05) is 13.8 Å². The second kappa shape index (κ2) is 6.60. The Labute approximate surface area is 146 Å². The molecule has 0 spiro atoms. The number of aliphatic carboxylic acids is 1. The van der Waals surface area contributed by atoms with E-state index in [2.05, 4.69) is 20.8 Å². The normalized spacial score (nSPS) is 43.0. The first-order valence-corrected chi connectivity index (χ1v) is 9.53. The van der Waals surface area contributed by atoms with E-state index in [1.54, 1.807) is 0 Å². The number of aliphatic hydroxyl groups is 2. The number of aliphatic hydroxyl groups excluding tert-OH is 1. The van der Waals surface area contributed by atoms with E-state index in [0.717, 1.165) is 38.5 Å². The summed E-state index contributed by atoms with van der Waals surface area (Å²) in [6, 6.07) is 0. The van der Waals surface area contributed by atoms with Crippen molar-refractivity contribution in [2.75, 3.05) is 0 Å². The first kappa shape index (κ1) is 19.7. The Morgan fingerprint density at radius 2 is 1.79 bits per heavy atom. The zero-order chi connectivity index (χ0) is 18.3. The minimum Gasteiger partial charge on any atom is -0.481 e. The average molecular weight is 341 g/mol. The van der Waals surface area contributed by atoms with Crippen LogP contribution in [-0.4, -0.2) is 33.0 Å². The Hall–Kier alpha value is -0.610. The van der Waals surface area contributed by atoms with E-state index in [-0.39, 0.29) is 35.2 Å². The van der Waals surface area contributed by atoms with E-state index in [4.69, 9.17) is 5.11 Å². The molecule has 0 aromatic rings. The quantitative estimate of drug-likeness (QED) is 0.710. The maximum Gasteiger partial charge on any atom is 0.303 e. The van der Waals surface area contributed by atoms with Gasteiger partial charge >= 0.3 is 5.97 Å². The predicted octanol–water partition coefficient (Wildman–Crippen LogP) is 3.84. The van der Waals surface area contributed by atoms with Gasteiger partial charge in [-0.05, 0) is 74.0 Å². The van der Waals surface area contributed by atoms with Gasteiger partial charge < -0.3 is 15.3 Å². The first-order valence-electron chi connectivity index (χ1n) is 9.53. The standard InChI is InChI=1S/C20H36O4/c1-13(12-17(22)23)6-7-15-19(4)10-9-16(21)18(2,3)14(19)8-11-20(15,5)24/h13-16,21,24H,6-12H2,1-5H3,(H,22,23). The van der Waals surface area contributed by atoms with Gasteiger partial charge in [0.1, 0.15) is 0 Å². The summed E-state index contributed by atoms with van der Waals surface area (Å²) < 4.78 is 0. The maximum atomic E-state index is 11.1. The molecule has 2 saturated carbocycles. The molecule has 3 N–H and O–H groups in total. The lowest BCUT2D eigenvalue weighted by Crippen LogP contribution is -2.60. The second-order valence-corrected chi connectivity index (χ2v) is 9.66. The molecule has 0 aromatic carbocycles. The summed E-state index contributed by atoms with van der Waals surface area (Å²) in [5.41, 5.74) is -0.825. The largest absolute Gasteiger partial charge is 0.481 e. The number of rotatable bonds is 5. The van der Waals surface area contributed by atoms with Gasteiger partial charge in [-0.1, -0.05) is 27.7 Å². The summed E-state index contributed by atoms with van der Waals surface area (Å²) in [5, 5.41) is 30.6. The van der Waals surface area contributed by atoms with Gasteiger partial charge in [0, 0.05) is 6.42 Å². The highest BCUT2D eigenvalue weighted by Crippen LogP contribution is 2.63. The first-order chi connectivity index (χ1) is 10.9. The molecule has 0 bridgehead atoms. The molecule has 4 heteroatoms. The molecule has 2 aliphatic carbocycles. The summed E-state index contributed by atoms with van der Waals surface area (Å²) in [6.07, 6.45) is 5.06. The number of carboxylic acids is 1. The van der Waals surface area contributed by atoms with Gasteiger partial charge in [-0.3, -0.25) is 4.79 Å². The van der Waals surface area contributed by atoms with Crippen LogP contribution in [0.2, 0.25) is 0 Å². The fourth-order valence-corrected chi connectivity index (χ4v) is 6.01. The van der Waals surface area contributed by atoms with Gasteiger partial charge in [0.25, 0.3) is 0 Å². The van der Waals surface area contributed by atoms with Crippen molar-refractivity contribution < 1.29 is 20.1 Å². The molecule has 0 saturated heterocycles. The van der Waals surface area contributed by atoms with Crippen molar-refractivity contribution >= 4 is 5.97 Å². The van der Waals surface area contributed by atoms with Crippen LogP contribution in [0.1, 0.15) is 79.6 Å². The second-order valence-electron chi connectivity index (χ2n) is 9.66. The Kier molecular flexibility index (Phi) is 5.42. The van der Waals surface area contributed by atoms with Crippen LogP contribution in [0.5, 0.6) is 0 Å². The third kappa shape index (κ3) is 3.50. The van der Waals surface area contributed by atoms with E-state index < -0.39 is 11.6 Å². The molecule has 0 amide bonds. The lowest BCUT2D eigenvalue weighted by molar-refractivity contribution is -0.196. The lowest BCUT2D eigenvalue weighted by Gasteiger charge is -2.62. The molecule has 0 aliphatic heterocycles. The number of hydrogen-bond acceptors (Lipinski definition) is 3. The minimum atomic E-state index is -0.746. The van der Waals surface area contributed by atoms with Crippen molar-refractivity contribution in [3.63, 3.8) is 0 Å². The zero-order valence-electron chi connectivity index (χ0n) is 16.0. The Bertz CT molecular complexity index is 470. The van der Waals surface area contributed by atoms with Gasteiger partial charge in [-0.2, -0.15) is 0 Å². The molecule has 140 valence electrons. The molecule has 24 heavy (non-hydrogen) atoms. The van der Waals surface area contributed by atoms with Crippen LogP contribution in [0.25, 0.3) is 0 Å². The minimum absolute atomic E-state index is 0.00736. The summed E-state index contributed by atoms with van der Waals surface area (Å²) in [5.74, 6) is -0.0612. The summed E-state index contributed by atoms with van der Waals surface area (Å²) >= 11 is 0. The van der Waals surface area contributed by atoms with Gasteiger partial charge in [0.2, 0.25) is 0 Å². The lowest BCUT2D eigenvalue weighted by atomic mass is 9.44. The molecular formula is C20H36O4. The monoisotopic (exact) mass is 340 g/mol. The molecule has 4 nitrogen and oxygen atoms in total. The van der Waals surface area contributed by atoms with Crippen LogP contribution in [0, 0.1) is 28.6 Å². The summed E-state index contributed by atoms with van der Waals surface area (Å²) in [4.78, 5) is 10.9. The highest BCUT2D eigenvalue weighted by molar-refractivity contribution is 5.66. The Morgan fingerprint density at radius 1 is 1.17 bits per heavy atom. The molecule has 0 heterocycles. The van der Waals surface area contributed by atoms with Crippen molar-refractivity contribution in [2.45, 2.75) is 91.3 Å². The van der Waals surface area contributed by atoms with Crippen molar-refractivity contribution in [2.24, 2.45) is 28.6 Å². The van der Waals surface area contributed by atoms with Crippen molar-refractivity contribution in [1.82, 2.24) is 0 Å². The SMILES string of the molecule is CC(CCC1C(C)(O)CCC2C(C)(C)C(O)CCC12C)CC(=O)O. The Balaban J connectivity index is 2.21. The molecule has 0 aromatic heterocycles. The number of hydrogen-bond donors (Lipinski definition) is 3. The molecule has 2 aliphatic rings. The number of carboxylic acid groups (broad SMARTS) is 1. The topological polar surface area (TPSA) is 77.8 Å². The average Bonchev–Trinajstić information content (AvgIpc) is 2.41. The molecule has 2 fully saturated rings. The van der Waals surface area contributed by atoms with Crippen molar-refractivity contribution in [3.05, 3.63) is 0 Å². The third-order valence-corrected chi connectivity index (χ3v) is 7.47. The van der Waals surface area contributed by atoms with Crippen LogP contribution < -0.4 is 0 Å². The van der Waals surface area contributed by atoms with Crippen LogP contribution in [0.4, 0.5) is 0 Å². The fraction of sp³-hybridized carbons (Fsp3) is 0.950. The molecule has 0 radical (unpaired) electrons. The van der Waals surface area contributed by atoms with Gasteiger partial charge in [0.15, 0.2) is 0 Å².